The lowest BCUT2D eigenvalue weighted by Gasteiger charge is -1.95. The molecule has 1 aromatic carbocycles. The quantitative estimate of drug-likeness (QED) is 0.486. The molecule has 1 aromatic rings. The summed E-state index contributed by atoms with van der Waals surface area (Å²) in [6.45, 7) is 1.92. The van der Waals surface area contributed by atoms with Crippen LogP contribution in [0, 0.1) is 10.1 Å². The zero-order chi connectivity index (χ0) is 9.42. The van der Waals surface area contributed by atoms with Gasteiger partial charge in [-0.1, -0.05) is 0 Å². The fourth-order valence-electron chi connectivity index (χ4n) is 1.46. The molecule has 66 valence electrons. The van der Waals surface area contributed by atoms with E-state index in [1.807, 2.05) is 6.92 Å². The molecule has 0 atom stereocenters. The Balaban J connectivity index is 2.45. The van der Waals surface area contributed by atoms with Crippen LogP contribution < -0.4 is 0 Å². The SMILES string of the molecule is CC1=Nc2ccc([N+](=O)[O-])cc2C1. The van der Waals surface area contributed by atoms with Gasteiger partial charge in [0, 0.05) is 24.3 Å². The Morgan fingerprint density at radius 1 is 1.54 bits per heavy atom. The van der Waals surface area contributed by atoms with Crippen molar-refractivity contribution < 1.29 is 4.92 Å². The van der Waals surface area contributed by atoms with E-state index in [2.05, 4.69) is 4.99 Å². The van der Waals surface area contributed by atoms with Gasteiger partial charge in [0.05, 0.1) is 10.6 Å². The Morgan fingerprint density at radius 3 is 3.00 bits per heavy atom. The van der Waals surface area contributed by atoms with E-state index < -0.39 is 0 Å². The zero-order valence-electron chi connectivity index (χ0n) is 7.15. The van der Waals surface area contributed by atoms with Crippen LogP contribution in [0.2, 0.25) is 0 Å². The monoisotopic (exact) mass is 176 g/mol. The van der Waals surface area contributed by atoms with Gasteiger partial charge in [-0.05, 0) is 18.6 Å². The van der Waals surface area contributed by atoms with Crippen LogP contribution in [0.5, 0.6) is 0 Å². The zero-order valence-corrected chi connectivity index (χ0v) is 7.15. The van der Waals surface area contributed by atoms with Crippen LogP contribution in [-0.2, 0) is 6.42 Å². The van der Waals surface area contributed by atoms with Gasteiger partial charge >= 0.3 is 0 Å². The molecule has 0 spiro atoms. The van der Waals surface area contributed by atoms with E-state index in [4.69, 9.17) is 0 Å². The van der Waals surface area contributed by atoms with Gasteiger partial charge in [-0.15, -0.1) is 0 Å². The van der Waals surface area contributed by atoms with Crippen molar-refractivity contribution in [1.82, 2.24) is 0 Å². The first kappa shape index (κ1) is 7.91. The highest BCUT2D eigenvalue weighted by atomic mass is 16.6. The van der Waals surface area contributed by atoms with Crippen molar-refractivity contribution in [3.05, 3.63) is 33.9 Å². The highest BCUT2D eigenvalue weighted by Gasteiger charge is 2.15. The van der Waals surface area contributed by atoms with E-state index in [1.165, 1.54) is 6.07 Å². The highest BCUT2D eigenvalue weighted by molar-refractivity contribution is 5.92. The third-order valence-electron chi connectivity index (χ3n) is 2.03. The summed E-state index contributed by atoms with van der Waals surface area (Å²) >= 11 is 0. The molecule has 0 radical (unpaired) electrons. The van der Waals surface area contributed by atoms with Gasteiger partial charge < -0.3 is 0 Å². The first-order chi connectivity index (χ1) is 6.16. The average molecular weight is 176 g/mol. The van der Waals surface area contributed by atoms with Gasteiger partial charge in [-0.3, -0.25) is 15.1 Å². The molecule has 1 aliphatic rings. The second-order valence-electron chi connectivity index (χ2n) is 3.09. The van der Waals surface area contributed by atoms with E-state index in [0.29, 0.717) is 0 Å². The van der Waals surface area contributed by atoms with Crippen molar-refractivity contribution in [2.45, 2.75) is 13.3 Å². The molecular weight excluding hydrogens is 168 g/mol. The summed E-state index contributed by atoms with van der Waals surface area (Å²) in [6.07, 6.45) is 0.733. The van der Waals surface area contributed by atoms with E-state index in [0.717, 1.165) is 23.4 Å². The molecule has 2 rings (SSSR count). The van der Waals surface area contributed by atoms with Crippen LogP contribution in [0.1, 0.15) is 12.5 Å². The lowest BCUT2D eigenvalue weighted by Crippen LogP contribution is -1.91. The standard InChI is InChI=1S/C9H8N2O2/c1-6-4-7-5-8(11(12)13)2-3-9(7)10-6/h2-3,5H,4H2,1H3. The molecule has 13 heavy (non-hydrogen) atoms. The normalized spacial score (nSPS) is 13.8. The van der Waals surface area contributed by atoms with Crippen molar-refractivity contribution in [2.75, 3.05) is 0 Å². The molecule has 0 saturated heterocycles. The molecule has 1 aliphatic heterocycles. The minimum absolute atomic E-state index is 0.142. The Bertz CT molecular complexity index is 410. The number of rotatable bonds is 1. The minimum atomic E-state index is -0.381. The maximum absolute atomic E-state index is 10.5. The van der Waals surface area contributed by atoms with Crippen LogP contribution >= 0.6 is 0 Å². The maximum atomic E-state index is 10.5. The number of nitrogens with zero attached hydrogens (tertiary/aromatic N) is 2. The molecule has 0 aliphatic carbocycles. The Kier molecular flexibility index (Phi) is 1.62. The van der Waals surface area contributed by atoms with Gasteiger partial charge in [0.1, 0.15) is 0 Å². The number of hydrogen-bond acceptors (Lipinski definition) is 3. The molecule has 4 heteroatoms. The van der Waals surface area contributed by atoms with Crippen LogP contribution in [0.4, 0.5) is 11.4 Å². The summed E-state index contributed by atoms with van der Waals surface area (Å²) in [5, 5.41) is 10.5. The molecule has 1 heterocycles. The largest absolute Gasteiger partial charge is 0.269 e. The van der Waals surface area contributed by atoms with Gasteiger partial charge in [-0.2, -0.15) is 0 Å². The fourth-order valence-corrected chi connectivity index (χ4v) is 1.46. The van der Waals surface area contributed by atoms with Crippen molar-refractivity contribution in [2.24, 2.45) is 4.99 Å². The summed E-state index contributed by atoms with van der Waals surface area (Å²) in [6, 6.07) is 4.78. The lowest BCUT2D eigenvalue weighted by molar-refractivity contribution is -0.384. The average Bonchev–Trinajstić information content (AvgIpc) is 2.42. The van der Waals surface area contributed by atoms with Crippen molar-refractivity contribution in [3.63, 3.8) is 0 Å². The third kappa shape index (κ3) is 1.30. The molecule has 0 fully saturated rings. The van der Waals surface area contributed by atoms with E-state index in [9.17, 15) is 10.1 Å². The Labute approximate surface area is 75.1 Å². The van der Waals surface area contributed by atoms with Gasteiger partial charge in [0.15, 0.2) is 0 Å². The van der Waals surface area contributed by atoms with E-state index in [-0.39, 0.29) is 10.6 Å². The maximum Gasteiger partial charge on any atom is 0.269 e. The van der Waals surface area contributed by atoms with Crippen LogP contribution in [0.25, 0.3) is 0 Å². The topological polar surface area (TPSA) is 55.5 Å². The van der Waals surface area contributed by atoms with Crippen molar-refractivity contribution in [1.29, 1.82) is 0 Å². The fraction of sp³-hybridized carbons (Fsp3) is 0.222. The summed E-state index contributed by atoms with van der Waals surface area (Å²) in [5.74, 6) is 0. The molecule has 4 nitrogen and oxygen atoms in total. The summed E-state index contributed by atoms with van der Waals surface area (Å²) in [7, 11) is 0. The second-order valence-corrected chi connectivity index (χ2v) is 3.09. The van der Waals surface area contributed by atoms with Crippen molar-refractivity contribution in [3.8, 4) is 0 Å². The predicted molar refractivity (Wildman–Crippen MR) is 49.6 cm³/mol. The van der Waals surface area contributed by atoms with Crippen LogP contribution in [0.3, 0.4) is 0 Å². The number of nitro benzene ring substituents is 1. The highest BCUT2D eigenvalue weighted by Crippen LogP contribution is 2.29. The number of non-ortho nitro benzene ring substituents is 1. The van der Waals surface area contributed by atoms with E-state index >= 15 is 0 Å². The van der Waals surface area contributed by atoms with Crippen molar-refractivity contribution >= 4 is 17.1 Å². The summed E-state index contributed by atoms with van der Waals surface area (Å²) in [5.41, 5.74) is 2.97. The van der Waals surface area contributed by atoms with Crippen LogP contribution in [-0.4, -0.2) is 10.6 Å². The van der Waals surface area contributed by atoms with Gasteiger partial charge in [0.2, 0.25) is 0 Å². The number of aliphatic imine (C=N–C) groups is 1. The van der Waals surface area contributed by atoms with Gasteiger partial charge in [-0.25, -0.2) is 0 Å². The minimum Gasteiger partial charge on any atom is -0.258 e. The molecule has 0 saturated carbocycles. The Hall–Kier alpha value is -1.71. The molecular formula is C9H8N2O2. The predicted octanol–water partition coefficient (Wildman–Crippen LogP) is 2.24. The Morgan fingerprint density at radius 2 is 2.31 bits per heavy atom. The summed E-state index contributed by atoms with van der Waals surface area (Å²) < 4.78 is 0. The molecule has 0 bridgehead atoms. The number of hydrogen-bond donors (Lipinski definition) is 0. The third-order valence-corrected chi connectivity index (χ3v) is 2.03. The molecule has 0 N–H and O–H groups in total. The summed E-state index contributed by atoms with van der Waals surface area (Å²) in [4.78, 5) is 14.3. The number of benzene rings is 1. The number of nitro groups is 1. The molecule has 0 unspecified atom stereocenters. The number of fused-ring (bicyclic) bond motifs is 1. The van der Waals surface area contributed by atoms with Gasteiger partial charge in [0.25, 0.3) is 5.69 Å². The first-order valence-electron chi connectivity index (χ1n) is 3.98. The lowest BCUT2D eigenvalue weighted by atomic mass is 10.1. The first-order valence-corrected chi connectivity index (χ1v) is 3.98. The smallest absolute Gasteiger partial charge is 0.258 e. The second kappa shape index (κ2) is 2.65. The van der Waals surface area contributed by atoms with Crippen LogP contribution in [0.15, 0.2) is 23.2 Å². The van der Waals surface area contributed by atoms with E-state index in [1.54, 1.807) is 12.1 Å². The molecule has 0 aromatic heterocycles. The molecule has 0 amide bonds.